The van der Waals surface area contributed by atoms with Crippen molar-refractivity contribution in [3.8, 4) is 0 Å². The average molecular weight is 393 g/mol. The van der Waals surface area contributed by atoms with Gasteiger partial charge in [-0.3, -0.25) is 0 Å². The quantitative estimate of drug-likeness (QED) is 0.726. The van der Waals surface area contributed by atoms with E-state index in [2.05, 4.69) is 37.1 Å². The lowest BCUT2D eigenvalue weighted by Gasteiger charge is -2.17. The number of aromatic nitrogens is 3. The van der Waals surface area contributed by atoms with Crippen molar-refractivity contribution in [2.45, 2.75) is 44.1 Å². The van der Waals surface area contributed by atoms with Crippen LogP contribution in [0.25, 0.3) is 10.2 Å². The molecule has 1 saturated carbocycles. The number of hydrogen-bond donors (Lipinski definition) is 1. The van der Waals surface area contributed by atoms with Gasteiger partial charge in [-0.2, -0.15) is 4.98 Å². The van der Waals surface area contributed by atoms with E-state index in [-0.39, 0.29) is 5.54 Å². The van der Waals surface area contributed by atoms with Gasteiger partial charge < -0.3 is 10.3 Å². The van der Waals surface area contributed by atoms with Crippen molar-refractivity contribution in [2.75, 3.05) is 0 Å². The first kappa shape index (κ1) is 15.2. The minimum atomic E-state index is -0.385. The zero-order chi connectivity index (χ0) is 15.9. The Bertz CT molecular complexity index is 838. The molecule has 0 atom stereocenters. The fourth-order valence-electron chi connectivity index (χ4n) is 3.06. The van der Waals surface area contributed by atoms with Gasteiger partial charge >= 0.3 is 0 Å². The highest BCUT2D eigenvalue weighted by Crippen LogP contribution is 2.34. The molecule has 2 N–H and O–H groups in total. The van der Waals surface area contributed by atoms with Crippen LogP contribution in [-0.2, 0) is 18.4 Å². The number of aryl methyl sites for hydroxylation is 2. The molecule has 0 amide bonds. The second-order valence-electron chi connectivity index (χ2n) is 6.09. The van der Waals surface area contributed by atoms with Gasteiger partial charge in [0.15, 0.2) is 5.82 Å². The summed E-state index contributed by atoms with van der Waals surface area (Å²) in [4.78, 5) is 9.17. The smallest absolute Gasteiger partial charge is 0.227 e. The third kappa shape index (κ3) is 3.05. The van der Waals surface area contributed by atoms with Gasteiger partial charge in [-0.25, -0.2) is 4.98 Å². The number of nitrogens with two attached hydrogens (primary N) is 1. The number of fused-ring (bicyclic) bond motifs is 1. The molecular weight excluding hydrogens is 376 g/mol. The number of nitrogens with zero attached hydrogens (tertiary/aromatic N) is 3. The van der Waals surface area contributed by atoms with Gasteiger partial charge in [-0.15, -0.1) is 11.3 Å². The second kappa shape index (κ2) is 5.96. The summed E-state index contributed by atoms with van der Waals surface area (Å²) in [5.74, 6) is 1.32. The van der Waals surface area contributed by atoms with Crippen LogP contribution in [0.15, 0.2) is 27.2 Å². The first-order valence-electron chi connectivity index (χ1n) is 7.79. The van der Waals surface area contributed by atoms with Gasteiger partial charge in [0, 0.05) is 17.3 Å². The largest absolute Gasteiger partial charge is 0.339 e. The minimum Gasteiger partial charge on any atom is -0.339 e. The number of thiazole rings is 1. The van der Waals surface area contributed by atoms with Crippen molar-refractivity contribution in [1.82, 2.24) is 15.1 Å². The highest BCUT2D eigenvalue weighted by molar-refractivity contribution is 9.10. The SMILES string of the molecule is NC1(c2noc(CCc3nc4cc(Br)ccc4s3)n2)CCCC1. The third-order valence-electron chi connectivity index (χ3n) is 4.36. The summed E-state index contributed by atoms with van der Waals surface area (Å²) in [6.07, 6.45) is 5.67. The fourth-order valence-corrected chi connectivity index (χ4v) is 4.35. The second-order valence-corrected chi connectivity index (χ2v) is 8.13. The predicted octanol–water partition coefficient (Wildman–Crippen LogP) is 3.96. The molecular formula is C16H17BrN4OS. The van der Waals surface area contributed by atoms with E-state index < -0.39 is 0 Å². The molecule has 0 unspecified atom stereocenters. The van der Waals surface area contributed by atoms with Crippen LogP contribution in [0.1, 0.15) is 42.4 Å². The fraction of sp³-hybridized carbons (Fsp3) is 0.438. The van der Waals surface area contributed by atoms with Crippen LogP contribution < -0.4 is 5.73 Å². The van der Waals surface area contributed by atoms with E-state index in [4.69, 9.17) is 10.3 Å². The maximum atomic E-state index is 6.37. The Kier molecular flexibility index (Phi) is 3.95. The van der Waals surface area contributed by atoms with Gasteiger partial charge in [0.1, 0.15) is 0 Å². The molecule has 1 aliphatic carbocycles. The molecule has 120 valence electrons. The molecule has 0 bridgehead atoms. The van der Waals surface area contributed by atoms with E-state index in [1.807, 2.05) is 12.1 Å². The van der Waals surface area contributed by atoms with E-state index in [9.17, 15) is 0 Å². The molecule has 0 radical (unpaired) electrons. The van der Waals surface area contributed by atoms with Crippen molar-refractivity contribution >= 4 is 37.5 Å². The van der Waals surface area contributed by atoms with Crippen molar-refractivity contribution < 1.29 is 4.52 Å². The maximum Gasteiger partial charge on any atom is 0.227 e. The van der Waals surface area contributed by atoms with Crippen LogP contribution in [0.2, 0.25) is 0 Å². The van der Waals surface area contributed by atoms with Gasteiger partial charge in [0.25, 0.3) is 0 Å². The molecule has 2 aromatic heterocycles. The monoisotopic (exact) mass is 392 g/mol. The van der Waals surface area contributed by atoms with Gasteiger partial charge in [-0.05, 0) is 31.0 Å². The summed E-state index contributed by atoms with van der Waals surface area (Å²) in [6.45, 7) is 0. The normalized spacial score (nSPS) is 17.1. The molecule has 4 rings (SSSR count). The standard InChI is InChI=1S/C16H17BrN4OS/c17-10-3-4-12-11(9-10)19-14(23-12)6-5-13-20-15(21-22-13)16(18)7-1-2-8-16/h3-4,9H,1-2,5-8,18H2. The summed E-state index contributed by atoms with van der Waals surface area (Å²) in [7, 11) is 0. The van der Waals surface area contributed by atoms with Crippen molar-refractivity contribution in [3.05, 3.63) is 39.4 Å². The molecule has 1 aliphatic rings. The summed E-state index contributed by atoms with van der Waals surface area (Å²) in [6, 6.07) is 6.17. The first-order chi connectivity index (χ1) is 11.1. The molecule has 0 spiro atoms. The molecule has 1 aromatic carbocycles. The number of hydrogen-bond acceptors (Lipinski definition) is 6. The zero-order valence-corrected chi connectivity index (χ0v) is 15.0. The molecule has 0 aliphatic heterocycles. The molecule has 2 heterocycles. The van der Waals surface area contributed by atoms with E-state index in [0.717, 1.165) is 47.1 Å². The first-order valence-corrected chi connectivity index (χ1v) is 9.40. The van der Waals surface area contributed by atoms with Crippen molar-refractivity contribution in [3.63, 3.8) is 0 Å². The van der Waals surface area contributed by atoms with Gasteiger partial charge in [0.05, 0.1) is 20.8 Å². The van der Waals surface area contributed by atoms with Gasteiger partial charge in [0.2, 0.25) is 5.89 Å². The zero-order valence-electron chi connectivity index (χ0n) is 12.6. The topological polar surface area (TPSA) is 77.8 Å². The molecule has 7 heteroatoms. The van der Waals surface area contributed by atoms with Crippen molar-refractivity contribution in [1.29, 1.82) is 0 Å². The highest BCUT2D eigenvalue weighted by atomic mass is 79.9. The third-order valence-corrected chi connectivity index (χ3v) is 5.95. The lowest BCUT2D eigenvalue weighted by Crippen LogP contribution is -2.34. The molecule has 23 heavy (non-hydrogen) atoms. The molecule has 5 nitrogen and oxygen atoms in total. The Labute approximate surface area is 146 Å². The number of benzene rings is 1. The van der Waals surface area contributed by atoms with Crippen LogP contribution in [0.5, 0.6) is 0 Å². The predicted molar refractivity (Wildman–Crippen MR) is 93.4 cm³/mol. The van der Waals surface area contributed by atoms with E-state index >= 15 is 0 Å². The number of rotatable bonds is 4. The van der Waals surface area contributed by atoms with Crippen LogP contribution >= 0.6 is 27.3 Å². The van der Waals surface area contributed by atoms with Crippen molar-refractivity contribution in [2.24, 2.45) is 5.73 Å². The van der Waals surface area contributed by atoms with Crippen LogP contribution in [0, 0.1) is 0 Å². The summed E-state index contributed by atoms with van der Waals surface area (Å²) in [5.41, 5.74) is 7.01. The summed E-state index contributed by atoms with van der Waals surface area (Å²) < 4.78 is 7.63. The van der Waals surface area contributed by atoms with E-state index in [1.54, 1.807) is 11.3 Å². The van der Waals surface area contributed by atoms with E-state index in [1.165, 1.54) is 4.70 Å². The summed E-state index contributed by atoms with van der Waals surface area (Å²) in [5, 5.41) is 5.19. The Morgan fingerprint density at radius 3 is 2.87 bits per heavy atom. The highest BCUT2D eigenvalue weighted by Gasteiger charge is 2.35. The number of halogens is 1. The Morgan fingerprint density at radius 1 is 1.22 bits per heavy atom. The lowest BCUT2D eigenvalue weighted by molar-refractivity contribution is 0.348. The Hall–Kier alpha value is -1.31. The summed E-state index contributed by atoms with van der Waals surface area (Å²) >= 11 is 5.19. The molecule has 0 saturated heterocycles. The van der Waals surface area contributed by atoms with Crippen LogP contribution in [0.4, 0.5) is 0 Å². The van der Waals surface area contributed by atoms with Crippen LogP contribution in [-0.4, -0.2) is 15.1 Å². The average Bonchev–Trinajstić information content (AvgIpc) is 3.23. The molecule has 3 aromatic rings. The Balaban J connectivity index is 1.47. The minimum absolute atomic E-state index is 0.385. The van der Waals surface area contributed by atoms with Gasteiger partial charge in [-0.1, -0.05) is 33.9 Å². The van der Waals surface area contributed by atoms with E-state index in [0.29, 0.717) is 18.1 Å². The Morgan fingerprint density at radius 2 is 2.04 bits per heavy atom. The van der Waals surface area contributed by atoms with Crippen LogP contribution in [0.3, 0.4) is 0 Å². The maximum absolute atomic E-state index is 6.37. The lowest BCUT2D eigenvalue weighted by atomic mass is 9.99. The molecule has 1 fully saturated rings.